The Kier molecular flexibility index (Phi) is 4.08. The molecule has 8 heteroatoms. The highest BCUT2D eigenvalue weighted by molar-refractivity contribution is 7.99. The lowest BCUT2D eigenvalue weighted by molar-refractivity contribution is 0.296. The van der Waals surface area contributed by atoms with Crippen LogP contribution >= 0.6 is 11.8 Å². The molecule has 1 N–H and O–H groups in total. The summed E-state index contributed by atoms with van der Waals surface area (Å²) < 4.78 is 2.01. The summed E-state index contributed by atoms with van der Waals surface area (Å²) in [5, 5.41) is 29.5. The van der Waals surface area contributed by atoms with Crippen LogP contribution in [-0.4, -0.2) is 25.8 Å². The SMILES string of the molecule is Cc1ccc(N2CSc3nnc(-c4cccc(N([O-])O)c4)n3C2)cc1. The predicted octanol–water partition coefficient (Wildman–Crippen LogP) is 3.47. The molecule has 0 unspecified atom stereocenters. The van der Waals surface area contributed by atoms with E-state index >= 15 is 0 Å². The van der Waals surface area contributed by atoms with E-state index in [0.29, 0.717) is 12.5 Å². The molecule has 0 bridgehead atoms. The van der Waals surface area contributed by atoms with E-state index in [-0.39, 0.29) is 10.9 Å². The lowest BCUT2D eigenvalue weighted by Gasteiger charge is -2.30. The van der Waals surface area contributed by atoms with Crippen molar-refractivity contribution in [2.45, 2.75) is 18.7 Å². The fourth-order valence-corrected chi connectivity index (χ4v) is 3.66. The number of nitrogens with zero attached hydrogens (tertiary/aromatic N) is 5. The Morgan fingerprint density at radius 1 is 1.16 bits per heavy atom. The molecule has 3 aromatic rings. The normalized spacial score (nSPS) is 13.6. The Balaban J connectivity index is 1.67. The maximum atomic E-state index is 11.1. The summed E-state index contributed by atoms with van der Waals surface area (Å²) in [5.41, 5.74) is 3.26. The summed E-state index contributed by atoms with van der Waals surface area (Å²) in [6.45, 7) is 2.69. The molecular weight excluding hydrogens is 338 g/mol. The van der Waals surface area contributed by atoms with Crippen LogP contribution in [0.2, 0.25) is 0 Å². The second kappa shape index (κ2) is 6.40. The largest absolute Gasteiger partial charge is 0.733 e. The van der Waals surface area contributed by atoms with Gasteiger partial charge in [-0.2, -0.15) is 0 Å². The third kappa shape index (κ3) is 3.07. The average molecular weight is 354 g/mol. The minimum atomic E-state index is -0.148. The Bertz CT molecular complexity index is 894. The Morgan fingerprint density at radius 2 is 1.96 bits per heavy atom. The van der Waals surface area contributed by atoms with E-state index in [0.717, 1.165) is 22.3 Å². The van der Waals surface area contributed by atoms with E-state index in [1.807, 2.05) is 10.6 Å². The highest BCUT2D eigenvalue weighted by Gasteiger charge is 2.22. The van der Waals surface area contributed by atoms with E-state index in [2.05, 4.69) is 46.3 Å². The van der Waals surface area contributed by atoms with Crippen LogP contribution in [0.3, 0.4) is 0 Å². The van der Waals surface area contributed by atoms with Gasteiger partial charge in [0.25, 0.3) is 0 Å². The quantitative estimate of drug-likeness (QED) is 0.721. The van der Waals surface area contributed by atoms with Crippen molar-refractivity contribution in [3.05, 3.63) is 59.3 Å². The first-order valence-electron chi connectivity index (χ1n) is 7.76. The first kappa shape index (κ1) is 15.9. The van der Waals surface area contributed by atoms with Crippen molar-refractivity contribution < 1.29 is 5.21 Å². The molecule has 0 saturated carbocycles. The maximum absolute atomic E-state index is 11.1. The van der Waals surface area contributed by atoms with Crippen LogP contribution in [0, 0.1) is 12.1 Å². The van der Waals surface area contributed by atoms with E-state index < -0.39 is 0 Å². The summed E-state index contributed by atoms with van der Waals surface area (Å²) in [7, 11) is 0. The molecule has 0 saturated heterocycles. The molecule has 4 rings (SSSR count). The highest BCUT2D eigenvalue weighted by atomic mass is 32.2. The lowest BCUT2D eigenvalue weighted by atomic mass is 10.2. The zero-order chi connectivity index (χ0) is 17.4. The predicted molar refractivity (Wildman–Crippen MR) is 97.5 cm³/mol. The second-order valence-corrected chi connectivity index (χ2v) is 6.76. The number of aromatic nitrogens is 3. The molecule has 25 heavy (non-hydrogen) atoms. The van der Waals surface area contributed by atoms with Crippen LogP contribution < -0.4 is 10.1 Å². The number of fused-ring (bicyclic) bond motifs is 1. The molecule has 0 atom stereocenters. The number of hydrogen-bond acceptors (Lipinski definition) is 7. The second-order valence-electron chi connectivity index (χ2n) is 5.85. The number of anilines is 2. The summed E-state index contributed by atoms with van der Waals surface area (Å²) in [5.74, 6) is 1.47. The minimum absolute atomic E-state index is 0.148. The van der Waals surface area contributed by atoms with Gasteiger partial charge < -0.3 is 15.3 Å². The molecule has 0 amide bonds. The summed E-state index contributed by atoms with van der Waals surface area (Å²) in [6.07, 6.45) is 0. The van der Waals surface area contributed by atoms with Gasteiger partial charge in [-0.3, -0.25) is 9.77 Å². The average Bonchev–Trinajstić information content (AvgIpc) is 3.05. The third-order valence-corrected chi connectivity index (χ3v) is 5.10. The summed E-state index contributed by atoms with van der Waals surface area (Å²) in [4.78, 5) is 2.24. The van der Waals surface area contributed by atoms with Crippen LogP contribution in [-0.2, 0) is 6.67 Å². The molecule has 0 radical (unpaired) electrons. The monoisotopic (exact) mass is 354 g/mol. The topological polar surface area (TPSA) is 80.5 Å². The Morgan fingerprint density at radius 3 is 2.72 bits per heavy atom. The van der Waals surface area contributed by atoms with Crippen molar-refractivity contribution in [3.8, 4) is 11.4 Å². The molecule has 2 heterocycles. The number of hydrogen-bond donors (Lipinski definition) is 1. The van der Waals surface area contributed by atoms with Crippen molar-refractivity contribution in [2.24, 2.45) is 0 Å². The number of thioether (sulfide) groups is 1. The Labute approximate surface area is 149 Å². The van der Waals surface area contributed by atoms with Gasteiger partial charge >= 0.3 is 0 Å². The van der Waals surface area contributed by atoms with Gasteiger partial charge in [-0.1, -0.05) is 41.6 Å². The fraction of sp³-hybridized carbons (Fsp3) is 0.176. The summed E-state index contributed by atoms with van der Waals surface area (Å²) in [6, 6.07) is 15.1. The highest BCUT2D eigenvalue weighted by Crippen LogP contribution is 2.32. The van der Waals surface area contributed by atoms with E-state index in [1.165, 1.54) is 11.6 Å². The van der Waals surface area contributed by atoms with Gasteiger partial charge in [-0.15, -0.1) is 10.2 Å². The van der Waals surface area contributed by atoms with Crippen LogP contribution in [0.4, 0.5) is 11.4 Å². The molecule has 0 spiro atoms. The Hall–Kier alpha value is -2.55. The number of aryl methyl sites for hydroxylation is 1. The van der Waals surface area contributed by atoms with Crippen LogP contribution in [0.15, 0.2) is 53.7 Å². The molecule has 1 aliphatic rings. The van der Waals surface area contributed by atoms with Crippen molar-refractivity contribution in [1.29, 1.82) is 0 Å². The summed E-state index contributed by atoms with van der Waals surface area (Å²) >= 11 is 1.62. The van der Waals surface area contributed by atoms with Gasteiger partial charge in [-0.25, -0.2) is 0 Å². The van der Waals surface area contributed by atoms with Crippen LogP contribution in [0.5, 0.6) is 0 Å². The van der Waals surface area contributed by atoms with Crippen molar-refractivity contribution in [1.82, 2.24) is 14.8 Å². The molecule has 1 aliphatic heterocycles. The first-order chi connectivity index (χ1) is 12.1. The zero-order valence-corrected chi connectivity index (χ0v) is 14.3. The minimum Gasteiger partial charge on any atom is -0.733 e. The van der Waals surface area contributed by atoms with Gasteiger partial charge in [0.2, 0.25) is 0 Å². The van der Waals surface area contributed by atoms with Crippen molar-refractivity contribution in [2.75, 3.05) is 16.0 Å². The molecule has 1 aromatic heterocycles. The molecular formula is C17H16N5O2S-. The van der Waals surface area contributed by atoms with Crippen LogP contribution in [0.25, 0.3) is 11.4 Å². The number of rotatable bonds is 3. The maximum Gasteiger partial charge on any atom is 0.194 e. The van der Waals surface area contributed by atoms with E-state index in [4.69, 9.17) is 5.21 Å². The first-order valence-corrected chi connectivity index (χ1v) is 8.74. The third-order valence-electron chi connectivity index (χ3n) is 4.10. The van der Waals surface area contributed by atoms with Gasteiger partial charge in [0.15, 0.2) is 11.0 Å². The zero-order valence-electron chi connectivity index (χ0n) is 13.5. The smallest absolute Gasteiger partial charge is 0.194 e. The molecule has 0 aliphatic carbocycles. The van der Waals surface area contributed by atoms with Gasteiger partial charge in [0.05, 0.1) is 18.2 Å². The molecule has 128 valence electrons. The van der Waals surface area contributed by atoms with Gasteiger partial charge in [0, 0.05) is 11.3 Å². The fourth-order valence-electron chi connectivity index (χ4n) is 2.76. The van der Waals surface area contributed by atoms with Crippen LogP contribution in [0.1, 0.15) is 5.56 Å². The number of benzene rings is 2. The standard InChI is InChI=1S/C17H16N5O2S/c1-12-5-7-14(8-6-12)20-10-21-16(18-19-17(21)25-11-20)13-3-2-4-15(9-13)22(23)24/h2-9,23H,10-11H2,1H3/q-1. The van der Waals surface area contributed by atoms with E-state index in [1.54, 1.807) is 23.9 Å². The van der Waals surface area contributed by atoms with Crippen molar-refractivity contribution in [3.63, 3.8) is 0 Å². The molecule has 7 nitrogen and oxygen atoms in total. The molecule has 0 fully saturated rings. The van der Waals surface area contributed by atoms with Gasteiger partial charge in [0.1, 0.15) is 0 Å². The molecule has 2 aromatic carbocycles. The van der Waals surface area contributed by atoms with Gasteiger partial charge in [-0.05, 0) is 31.2 Å². The van der Waals surface area contributed by atoms with E-state index in [9.17, 15) is 5.21 Å². The lowest BCUT2D eigenvalue weighted by Crippen LogP contribution is -2.30. The van der Waals surface area contributed by atoms with Crippen molar-refractivity contribution >= 4 is 23.1 Å².